The maximum atomic E-state index is 14.6. The molecule has 8 nitrogen and oxygen atoms in total. The van der Waals surface area contributed by atoms with Crippen LogP contribution in [0.1, 0.15) is 30.2 Å². The van der Waals surface area contributed by atoms with E-state index in [0.717, 1.165) is 4.88 Å². The Bertz CT molecular complexity index is 1410. The number of nitrogens with one attached hydrogen (secondary N) is 2. The summed E-state index contributed by atoms with van der Waals surface area (Å²) < 4.78 is 16.4. The number of thiophene rings is 1. The maximum absolute atomic E-state index is 14.6. The largest absolute Gasteiger partial charge is 0.321 e. The molecule has 32 heavy (non-hydrogen) atoms. The minimum absolute atomic E-state index is 0.0655. The fourth-order valence-corrected chi connectivity index (χ4v) is 4.21. The number of benzene rings is 1. The molecule has 0 aliphatic heterocycles. The van der Waals surface area contributed by atoms with Crippen LogP contribution in [0, 0.1) is 5.82 Å². The van der Waals surface area contributed by atoms with Crippen molar-refractivity contribution in [3.63, 3.8) is 0 Å². The average molecular weight is 447 g/mol. The molecule has 4 heterocycles. The number of aromatic nitrogens is 6. The Hall–Kier alpha value is -3.92. The smallest absolute Gasteiger partial charge is 0.256 e. The molecule has 0 atom stereocenters. The Morgan fingerprint density at radius 1 is 1.25 bits per heavy atom. The van der Waals surface area contributed by atoms with Crippen molar-refractivity contribution in [2.24, 2.45) is 0 Å². The topological polar surface area (TPSA) is 101 Å². The van der Waals surface area contributed by atoms with Gasteiger partial charge in [-0.1, -0.05) is 12.1 Å². The van der Waals surface area contributed by atoms with E-state index in [4.69, 9.17) is 4.98 Å². The summed E-state index contributed by atoms with van der Waals surface area (Å²) in [7, 11) is 0. The number of nitrogens with zero attached hydrogens (tertiary/aromatic N) is 5. The molecule has 0 unspecified atom stereocenters. The molecule has 160 valence electrons. The van der Waals surface area contributed by atoms with Gasteiger partial charge in [0.2, 0.25) is 0 Å². The van der Waals surface area contributed by atoms with Crippen molar-refractivity contribution in [1.82, 2.24) is 29.9 Å². The van der Waals surface area contributed by atoms with Crippen molar-refractivity contribution in [2.45, 2.75) is 19.9 Å². The number of anilines is 1. The van der Waals surface area contributed by atoms with Crippen LogP contribution in [-0.2, 0) is 0 Å². The summed E-state index contributed by atoms with van der Waals surface area (Å²) in [5.74, 6) is -0.693. The van der Waals surface area contributed by atoms with Crippen molar-refractivity contribution in [3.05, 3.63) is 65.7 Å². The molecule has 0 radical (unpaired) electrons. The van der Waals surface area contributed by atoms with Gasteiger partial charge in [0.25, 0.3) is 5.91 Å². The summed E-state index contributed by atoms with van der Waals surface area (Å²) in [6.07, 6.45) is 2.92. The Balaban J connectivity index is 1.63. The third-order valence-corrected chi connectivity index (χ3v) is 5.88. The maximum Gasteiger partial charge on any atom is 0.256 e. The van der Waals surface area contributed by atoms with Crippen molar-refractivity contribution >= 4 is 34.0 Å². The van der Waals surface area contributed by atoms with Gasteiger partial charge in [-0.25, -0.2) is 19.0 Å². The van der Waals surface area contributed by atoms with Crippen LogP contribution in [0.2, 0.25) is 0 Å². The first-order valence-corrected chi connectivity index (χ1v) is 10.8. The first-order chi connectivity index (χ1) is 15.5. The first-order valence-electron chi connectivity index (χ1n) is 9.90. The SMILES string of the molecule is CC(C)n1ncc2c(C(=O)Nc3cccc(F)c3-c3ncn[nH]3)cc(-c3cccs3)nc21. The lowest BCUT2D eigenvalue weighted by atomic mass is 10.1. The molecular weight excluding hydrogens is 429 g/mol. The molecule has 0 bridgehead atoms. The zero-order chi connectivity index (χ0) is 22.2. The number of rotatable bonds is 5. The lowest BCUT2D eigenvalue weighted by Gasteiger charge is -2.12. The summed E-state index contributed by atoms with van der Waals surface area (Å²) in [6, 6.07) is 10.1. The molecule has 2 N–H and O–H groups in total. The van der Waals surface area contributed by atoms with Crippen molar-refractivity contribution in [3.8, 4) is 22.0 Å². The average Bonchev–Trinajstić information content (AvgIpc) is 3.54. The zero-order valence-electron chi connectivity index (χ0n) is 17.2. The van der Waals surface area contributed by atoms with Gasteiger partial charge in [-0.15, -0.1) is 11.3 Å². The molecule has 0 saturated heterocycles. The fraction of sp³-hybridized carbons (Fsp3) is 0.136. The molecule has 1 amide bonds. The number of hydrogen-bond donors (Lipinski definition) is 2. The van der Waals surface area contributed by atoms with Gasteiger partial charge in [-0.2, -0.15) is 10.2 Å². The predicted molar refractivity (Wildman–Crippen MR) is 121 cm³/mol. The van der Waals surface area contributed by atoms with Gasteiger partial charge >= 0.3 is 0 Å². The van der Waals surface area contributed by atoms with E-state index in [1.54, 1.807) is 23.0 Å². The summed E-state index contributed by atoms with van der Waals surface area (Å²) in [5, 5.41) is 16.3. The molecule has 0 aliphatic carbocycles. The number of amides is 1. The molecule has 0 spiro atoms. The minimum Gasteiger partial charge on any atom is -0.321 e. The molecule has 5 rings (SSSR count). The number of carbonyl (C=O) groups excluding carboxylic acids is 1. The third-order valence-electron chi connectivity index (χ3n) is 4.99. The monoisotopic (exact) mass is 447 g/mol. The van der Waals surface area contributed by atoms with Crippen molar-refractivity contribution in [1.29, 1.82) is 0 Å². The van der Waals surface area contributed by atoms with E-state index in [1.165, 1.54) is 29.8 Å². The summed E-state index contributed by atoms with van der Waals surface area (Å²) in [4.78, 5) is 23.2. The molecule has 4 aromatic heterocycles. The number of halogens is 1. The Morgan fingerprint density at radius 2 is 2.12 bits per heavy atom. The third kappa shape index (κ3) is 3.44. The van der Waals surface area contributed by atoms with Gasteiger partial charge in [-0.3, -0.25) is 9.89 Å². The number of fused-ring (bicyclic) bond motifs is 1. The highest BCUT2D eigenvalue weighted by atomic mass is 32.1. The van der Waals surface area contributed by atoms with Crippen LogP contribution >= 0.6 is 11.3 Å². The van der Waals surface area contributed by atoms with Gasteiger partial charge in [0, 0.05) is 6.04 Å². The van der Waals surface area contributed by atoms with Gasteiger partial charge < -0.3 is 5.32 Å². The molecule has 10 heteroatoms. The van der Waals surface area contributed by atoms with Crippen LogP contribution in [-0.4, -0.2) is 35.9 Å². The van der Waals surface area contributed by atoms with Crippen LogP contribution in [0.15, 0.2) is 54.3 Å². The Labute approximate surface area is 186 Å². The summed E-state index contributed by atoms with van der Waals surface area (Å²) in [6.45, 7) is 4.00. The summed E-state index contributed by atoms with van der Waals surface area (Å²) >= 11 is 1.54. The quantitative estimate of drug-likeness (QED) is 0.398. The van der Waals surface area contributed by atoms with Gasteiger partial charge in [0.1, 0.15) is 12.1 Å². The lowest BCUT2D eigenvalue weighted by Crippen LogP contribution is -2.14. The van der Waals surface area contributed by atoms with E-state index >= 15 is 0 Å². The van der Waals surface area contributed by atoms with Crippen LogP contribution < -0.4 is 5.32 Å². The standard InChI is InChI=1S/C22H18FN7OS/c1-12(2)30-21-14(10-26-30)13(9-17(27-21)18-7-4-8-32-18)22(31)28-16-6-3-5-15(23)19(16)20-24-11-25-29-20/h3-12H,1-2H3,(H,28,31)(H,24,25,29). The molecule has 0 fully saturated rings. The second-order valence-corrected chi connectivity index (χ2v) is 8.35. The van der Waals surface area contributed by atoms with Gasteiger partial charge in [-0.05, 0) is 43.5 Å². The van der Waals surface area contributed by atoms with E-state index in [0.29, 0.717) is 22.3 Å². The Kier molecular flexibility index (Phi) is 4.98. The molecule has 0 saturated carbocycles. The van der Waals surface area contributed by atoms with E-state index in [-0.39, 0.29) is 23.1 Å². The number of aromatic amines is 1. The van der Waals surface area contributed by atoms with Crippen LogP contribution in [0.25, 0.3) is 33.0 Å². The highest BCUT2D eigenvalue weighted by Crippen LogP contribution is 2.31. The van der Waals surface area contributed by atoms with E-state index in [9.17, 15) is 9.18 Å². The molecule has 0 aliphatic rings. The lowest BCUT2D eigenvalue weighted by molar-refractivity contribution is 0.102. The van der Waals surface area contributed by atoms with Crippen molar-refractivity contribution in [2.75, 3.05) is 5.32 Å². The number of hydrogen-bond acceptors (Lipinski definition) is 6. The van der Waals surface area contributed by atoms with Crippen LogP contribution in [0.5, 0.6) is 0 Å². The minimum atomic E-state index is -0.522. The second kappa shape index (κ2) is 7.97. The molecule has 1 aromatic carbocycles. The number of carbonyl (C=O) groups is 1. The second-order valence-electron chi connectivity index (χ2n) is 7.40. The fourth-order valence-electron chi connectivity index (χ4n) is 3.52. The molecular formula is C22H18FN7OS. The number of H-pyrrole nitrogens is 1. The van der Waals surface area contributed by atoms with Gasteiger partial charge in [0.15, 0.2) is 11.5 Å². The highest BCUT2D eigenvalue weighted by molar-refractivity contribution is 7.13. The molecule has 5 aromatic rings. The zero-order valence-corrected chi connectivity index (χ0v) is 18.0. The summed E-state index contributed by atoms with van der Waals surface area (Å²) in [5.41, 5.74) is 2.12. The van der Waals surface area contributed by atoms with Crippen LogP contribution in [0.4, 0.5) is 10.1 Å². The normalized spacial score (nSPS) is 11.4. The number of pyridine rings is 1. The highest BCUT2D eigenvalue weighted by Gasteiger charge is 2.21. The predicted octanol–water partition coefficient (Wildman–Crippen LogP) is 4.92. The van der Waals surface area contributed by atoms with E-state index < -0.39 is 11.7 Å². The van der Waals surface area contributed by atoms with Gasteiger partial charge in [0.05, 0.1) is 39.0 Å². The van der Waals surface area contributed by atoms with E-state index in [1.807, 2.05) is 31.4 Å². The first kappa shape index (κ1) is 20.0. The van der Waals surface area contributed by atoms with Crippen LogP contribution in [0.3, 0.4) is 0 Å². The Morgan fingerprint density at radius 3 is 2.84 bits per heavy atom. The van der Waals surface area contributed by atoms with E-state index in [2.05, 4.69) is 25.6 Å². The van der Waals surface area contributed by atoms with Crippen molar-refractivity contribution < 1.29 is 9.18 Å².